The van der Waals surface area contributed by atoms with Gasteiger partial charge in [0.2, 0.25) is 0 Å². The van der Waals surface area contributed by atoms with Gasteiger partial charge < -0.3 is 14.8 Å². The maximum atomic E-state index is 12.4. The van der Waals surface area contributed by atoms with Gasteiger partial charge in [-0.15, -0.1) is 0 Å². The molecule has 0 unspecified atom stereocenters. The van der Waals surface area contributed by atoms with E-state index in [0.717, 1.165) is 12.8 Å². The molecular formula is C27H25Cl2N3O5. The molecule has 0 radical (unpaired) electrons. The van der Waals surface area contributed by atoms with Crippen LogP contribution in [0.15, 0.2) is 71.8 Å². The number of hydrazone groups is 1. The van der Waals surface area contributed by atoms with Gasteiger partial charge in [-0.1, -0.05) is 36.5 Å². The first kappa shape index (κ1) is 27.7. The second kappa shape index (κ2) is 14.0. The zero-order valence-corrected chi connectivity index (χ0v) is 21.5. The van der Waals surface area contributed by atoms with E-state index in [1.54, 1.807) is 48.5 Å². The van der Waals surface area contributed by atoms with Gasteiger partial charge in [-0.2, -0.15) is 5.10 Å². The zero-order chi connectivity index (χ0) is 26.6. The number of rotatable bonds is 11. The predicted molar refractivity (Wildman–Crippen MR) is 143 cm³/mol. The number of halogens is 2. The first-order valence-electron chi connectivity index (χ1n) is 11.5. The summed E-state index contributed by atoms with van der Waals surface area (Å²) in [5, 5.41) is 6.89. The summed E-state index contributed by atoms with van der Waals surface area (Å²) >= 11 is 11.7. The molecule has 3 rings (SSSR count). The third kappa shape index (κ3) is 8.93. The number of carbonyl (C=O) groups excluding carboxylic acids is 3. The van der Waals surface area contributed by atoms with E-state index < -0.39 is 17.8 Å². The van der Waals surface area contributed by atoms with Crippen molar-refractivity contribution in [3.63, 3.8) is 0 Å². The maximum absolute atomic E-state index is 12.4. The zero-order valence-electron chi connectivity index (χ0n) is 20.0. The molecule has 0 aliphatic heterocycles. The van der Waals surface area contributed by atoms with Crippen LogP contribution in [-0.2, 0) is 4.79 Å². The summed E-state index contributed by atoms with van der Waals surface area (Å²) in [6, 6.07) is 17.8. The number of unbranched alkanes of at least 4 members (excludes halogenated alkanes) is 1. The lowest BCUT2D eigenvalue weighted by atomic mass is 10.2. The van der Waals surface area contributed by atoms with Gasteiger partial charge in [0.25, 0.3) is 11.8 Å². The quantitative estimate of drug-likeness (QED) is 0.113. The van der Waals surface area contributed by atoms with Gasteiger partial charge >= 0.3 is 5.97 Å². The Labute approximate surface area is 224 Å². The summed E-state index contributed by atoms with van der Waals surface area (Å²) in [7, 11) is 0. The summed E-state index contributed by atoms with van der Waals surface area (Å²) in [4.78, 5) is 36.4. The van der Waals surface area contributed by atoms with Crippen molar-refractivity contribution >= 4 is 47.2 Å². The Hall–Kier alpha value is -3.88. The highest BCUT2D eigenvalue weighted by Crippen LogP contribution is 2.22. The monoisotopic (exact) mass is 541 g/mol. The molecule has 0 saturated heterocycles. The summed E-state index contributed by atoms with van der Waals surface area (Å²) < 4.78 is 11.0. The lowest BCUT2D eigenvalue weighted by Gasteiger charge is -2.07. The second-order valence-electron chi connectivity index (χ2n) is 7.79. The number of hydrogen-bond acceptors (Lipinski definition) is 6. The van der Waals surface area contributed by atoms with Crippen molar-refractivity contribution in [2.45, 2.75) is 19.8 Å². The maximum Gasteiger partial charge on any atom is 0.343 e. The van der Waals surface area contributed by atoms with Gasteiger partial charge in [-0.05, 0) is 78.7 Å². The van der Waals surface area contributed by atoms with Gasteiger partial charge in [0.05, 0.1) is 35.0 Å². The van der Waals surface area contributed by atoms with E-state index in [1.807, 2.05) is 0 Å². The Bertz CT molecular complexity index is 1260. The lowest BCUT2D eigenvalue weighted by Crippen LogP contribution is -2.34. The molecule has 0 atom stereocenters. The minimum atomic E-state index is -0.517. The first-order chi connectivity index (χ1) is 17.9. The van der Waals surface area contributed by atoms with Crippen molar-refractivity contribution < 1.29 is 23.9 Å². The summed E-state index contributed by atoms with van der Waals surface area (Å²) in [6.07, 6.45) is 3.43. The summed E-state index contributed by atoms with van der Waals surface area (Å²) in [6.45, 7) is 2.44. The van der Waals surface area contributed by atoms with Crippen LogP contribution in [0, 0.1) is 0 Å². The normalized spacial score (nSPS) is 10.7. The fourth-order valence-corrected chi connectivity index (χ4v) is 3.23. The SMILES string of the molecule is CCCCOc1ccc(C(=O)Oc2ccc(C=NNC(=O)CNC(=O)c3ccc(Cl)c(Cl)c3)cc2)cc1. The van der Waals surface area contributed by atoms with Crippen molar-refractivity contribution in [1.29, 1.82) is 0 Å². The Morgan fingerprint density at radius 3 is 2.24 bits per heavy atom. The van der Waals surface area contributed by atoms with Crippen LogP contribution >= 0.6 is 23.2 Å². The van der Waals surface area contributed by atoms with Gasteiger partial charge in [0.1, 0.15) is 11.5 Å². The molecule has 2 amide bonds. The third-order valence-electron chi connectivity index (χ3n) is 4.94. The van der Waals surface area contributed by atoms with Gasteiger partial charge in [-0.25, -0.2) is 10.2 Å². The molecule has 0 heterocycles. The molecule has 0 aliphatic carbocycles. The van der Waals surface area contributed by atoms with Crippen LogP contribution in [0.3, 0.4) is 0 Å². The van der Waals surface area contributed by atoms with Crippen molar-refractivity contribution in [2.24, 2.45) is 5.10 Å². The Morgan fingerprint density at radius 1 is 0.892 bits per heavy atom. The Balaban J connectivity index is 1.43. The van der Waals surface area contributed by atoms with E-state index in [2.05, 4.69) is 22.8 Å². The van der Waals surface area contributed by atoms with Crippen LogP contribution in [0.5, 0.6) is 11.5 Å². The Morgan fingerprint density at radius 2 is 1.57 bits per heavy atom. The smallest absolute Gasteiger partial charge is 0.343 e. The standard InChI is InChI=1S/C27H25Cl2N3O5/c1-2-3-14-36-21-11-6-19(7-12-21)27(35)37-22-9-4-18(5-10-22)16-31-32-25(33)17-30-26(34)20-8-13-23(28)24(29)15-20/h4-13,15-16H,2-3,14,17H2,1H3,(H,30,34)(H,32,33). The number of nitrogens with one attached hydrogen (secondary N) is 2. The second-order valence-corrected chi connectivity index (χ2v) is 8.60. The summed E-state index contributed by atoms with van der Waals surface area (Å²) in [5.74, 6) is -0.415. The third-order valence-corrected chi connectivity index (χ3v) is 5.68. The highest BCUT2D eigenvalue weighted by atomic mass is 35.5. The molecule has 0 aliphatic rings. The Kier molecular flexibility index (Phi) is 10.5. The summed E-state index contributed by atoms with van der Waals surface area (Å²) in [5.41, 5.74) is 3.66. The number of amides is 2. The minimum Gasteiger partial charge on any atom is -0.494 e. The molecule has 0 aromatic heterocycles. The molecule has 0 spiro atoms. The van der Waals surface area contributed by atoms with Crippen LogP contribution in [-0.4, -0.2) is 37.1 Å². The molecular weight excluding hydrogens is 517 g/mol. The van der Waals surface area contributed by atoms with E-state index >= 15 is 0 Å². The predicted octanol–water partition coefficient (Wildman–Crippen LogP) is 5.27. The van der Waals surface area contributed by atoms with Crippen molar-refractivity contribution in [3.8, 4) is 11.5 Å². The average molecular weight is 542 g/mol. The van der Waals surface area contributed by atoms with Crippen LogP contribution in [0.1, 0.15) is 46.0 Å². The molecule has 192 valence electrons. The molecule has 3 aromatic carbocycles. The van der Waals surface area contributed by atoms with E-state index in [9.17, 15) is 14.4 Å². The van der Waals surface area contributed by atoms with Crippen molar-refractivity contribution in [1.82, 2.24) is 10.7 Å². The van der Waals surface area contributed by atoms with E-state index in [1.165, 1.54) is 24.4 Å². The highest BCUT2D eigenvalue weighted by Gasteiger charge is 2.10. The molecule has 37 heavy (non-hydrogen) atoms. The van der Waals surface area contributed by atoms with Gasteiger partial charge in [0.15, 0.2) is 0 Å². The molecule has 3 aromatic rings. The number of hydrogen-bond donors (Lipinski definition) is 2. The van der Waals surface area contributed by atoms with Crippen LogP contribution in [0.4, 0.5) is 0 Å². The first-order valence-corrected chi connectivity index (χ1v) is 12.2. The number of nitrogens with zero attached hydrogens (tertiary/aromatic N) is 1. The molecule has 0 saturated carbocycles. The van der Waals surface area contributed by atoms with Crippen LogP contribution in [0.25, 0.3) is 0 Å². The topological polar surface area (TPSA) is 106 Å². The largest absolute Gasteiger partial charge is 0.494 e. The number of benzene rings is 3. The van der Waals surface area contributed by atoms with E-state index in [-0.39, 0.29) is 17.1 Å². The van der Waals surface area contributed by atoms with Crippen molar-refractivity contribution in [3.05, 3.63) is 93.5 Å². The van der Waals surface area contributed by atoms with E-state index in [4.69, 9.17) is 32.7 Å². The van der Waals surface area contributed by atoms with Crippen LogP contribution in [0.2, 0.25) is 10.0 Å². The van der Waals surface area contributed by atoms with Gasteiger partial charge in [-0.3, -0.25) is 9.59 Å². The number of carbonyl (C=O) groups is 3. The van der Waals surface area contributed by atoms with Gasteiger partial charge in [0, 0.05) is 5.56 Å². The molecule has 10 heteroatoms. The number of esters is 1. The highest BCUT2D eigenvalue weighted by molar-refractivity contribution is 6.42. The van der Waals surface area contributed by atoms with Crippen molar-refractivity contribution in [2.75, 3.05) is 13.2 Å². The fraction of sp³-hybridized carbons (Fsp3) is 0.185. The van der Waals surface area contributed by atoms with E-state index in [0.29, 0.717) is 34.3 Å². The van der Waals surface area contributed by atoms with Crippen LogP contribution < -0.4 is 20.2 Å². The average Bonchev–Trinajstić information content (AvgIpc) is 2.90. The molecule has 0 fully saturated rings. The lowest BCUT2D eigenvalue weighted by molar-refractivity contribution is -0.120. The fourth-order valence-electron chi connectivity index (χ4n) is 2.93. The minimum absolute atomic E-state index is 0.242. The molecule has 0 bridgehead atoms. The molecule has 8 nitrogen and oxygen atoms in total. The molecule has 2 N–H and O–H groups in total. The number of ether oxygens (including phenoxy) is 2.